The molecule has 0 saturated carbocycles. The van der Waals surface area contributed by atoms with Gasteiger partial charge in [0.05, 0.1) is 16.1 Å². The Hall–Kier alpha value is -2.81. The highest BCUT2D eigenvalue weighted by Crippen LogP contribution is 2.32. The van der Waals surface area contributed by atoms with Gasteiger partial charge in [-0.15, -0.1) is 11.3 Å². The van der Waals surface area contributed by atoms with E-state index in [1.54, 1.807) is 28.4 Å². The van der Waals surface area contributed by atoms with Crippen LogP contribution in [0.1, 0.15) is 16.1 Å². The van der Waals surface area contributed by atoms with Crippen LogP contribution in [0, 0.1) is 0 Å². The lowest BCUT2D eigenvalue weighted by molar-refractivity contribution is -0.137. The van der Waals surface area contributed by atoms with Gasteiger partial charge in [-0.2, -0.15) is 18.3 Å². The highest BCUT2D eigenvalue weighted by Gasteiger charge is 2.31. The van der Waals surface area contributed by atoms with Gasteiger partial charge >= 0.3 is 6.18 Å². The zero-order chi connectivity index (χ0) is 19.7. The van der Waals surface area contributed by atoms with Gasteiger partial charge in [-0.25, -0.2) is 0 Å². The predicted molar refractivity (Wildman–Crippen MR) is 101 cm³/mol. The lowest BCUT2D eigenvalue weighted by atomic mass is 10.1. The molecule has 1 N–H and O–H groups in total. The molecule has 1 saturated heterocycles. The van der Waals surface area contributed by atoms with E-state index in [1.165, 1.54) is 6.07 Å². The first-order valence-corrected chi connectivity index (χ1v) is 9.60. The van der Waals surface area contributed by atoms with Gasteiger partial charge < -0.3 is 9.80 Å². The molecule has 4 rings (SSSR count). The largest absolute Gasteiger partial charge is 0.416 e. The number of thiophene rings is 1. The van der Waals surface area contributed by atoms with Crippen molar-refractivity contribution in [2.45, 2.75) is 6.18 Å². The smallest absolute Gasteiger partial charge is 0.368 e. The monoisotopic (exact) mass is 406 g/mol. The molecule has 1 aliphatic rings. The Morgan fingerprint density at radius 3 is 2.54 bits per heavy atom. The molecule has 0 spiro atoms. The molecule has 146 valence electrons. The first-order chi connectivity index (χ1) is 13.4. The zero-order valence-corrected chi connectivity index (χ0v) is 15.6. The maximum atomic E-state index is 12.9. The summed E-state index contributed by atoms with van der Waals surface area (Å²) in [6.07, 6.45) is -4.37. The molecule has 3 aromatic rings. The third-order valence-electron chi connectivity index (χ3n) is 4.69. The number of aromatic nitrogens is 2. The minimum Gasteiger partial charge on any atom is -0.368 e. The molecule has 9 heteroatoms. The van der Waals surface area contributed by atoms with E-state index in [0.29, 0.717) is 37.6 Å². The molecule has 2 aromatic heterocycles. The van der Waals surface area contributed by atoms with Crippen LogP contribution >= 0.6 is 11.3 Å². The van der Waals surface area contributed by atoms with Gasteiger partial charge in [-0.05, 0) is 35.7 Å². The second-order valence-electron chi connectivity index (χ2n) is 6.47. The van der Waals surface area contributed by atoms with Crippen molar-refractivity contribution < 1.29 is 18.0 Å². The molecule has 0 aliphatic carbocycles. The van der Waals surface area contributed by atoms with E-state index >= 15 is 0 Å². The summed E-state index contributed by atoms with van der Waals surface area (Å²) in [7, 11) is 0. The summed E-state index contributed by atoms with van der Waals surface area (Å²) in [5.74, 6) is -0.178. The molecule has 0 unspecified atom stereocenters. The number of H-pyrrole nitrogens is 1. The van der Waals surface area contributed by atoms with Crippen LogP contribution in [0.5, 0.6) is 0 Å². The van der Waals surface area contributed by atoms with Crippen LogP contribution in [-0.4, -0.2) is 47.2 Å². The van der Waals surface area contributed by atoms with Gasteiger partial charge in [-0.1, -0.05) is 12.1 Å². The van der Waals surface area contributed by atoms with Crippen molar-refractivity contribution in [1.29, 1.82) is 0 Å². The van der Waals surface area contributed by atoms with E-state index in [-0.39, 0.29) is 5.91 Å². The quantitative estimate of drug-likeness (QED) is 0.712. The summed E-state index contributed by atoms with van der Waals surface area (Å²) >= 11 is 1.55. The van der Waals surface area contributed by atoms with Gasteiger partial charge in [0.15, 0.2) is 5.69 Å². The minimum atomic E-state index is -4.37. The van der Waals surface area contributed by atoms with Crippen LogP contribution in [-0.2, 0) is 6.18 Å². The third-order valence-corrected chi connectivity index (χ3v) is 5.59. The first-order valence-electron chi connectivity index (χ1n) is 8.72. The van der Waals surface area contributed by atoms with E-state index in [9.17, 15) is 18.0 Å². The van der Waals surface area contributed by atoms with E-state index in [4.69, 9.17) is 0 Å². The Morgan fingerprint density at radius 2 is 1.86 bits per heavy atom. The van der Waals surface area contributed by atoms with Crippen molar-refractivity contribution >= 4 is 22.9 Å². The fraction of sp³-hybridized carbons (Fsp3) is 0.263. The minimum absolute atomic E-state index is 0.178. The number of nitrogens with zero attached hydrogens (tertiary/aromatic N) is 3. The van der Waals surface area contributed by atoms with Crippen LogP contribution in [0.15, 0.2) is 47.8 Å². The summed E-state index contributed by atoms with van der Waals surface area (Å²) in [5.41, 5.74) is 0.986. The number of hydrogen-bond donors (Lipinski definition) is 1. The van der Waals surface area contributed by atoms with E-state index in [0.717, 1.165) is 22.7 Å². The molecule has 0 atom stereocenters. The van der Waals surface area contributed by atoms with Gasteiger partial charge in [0, 0.05) is 31.9 Å². The van der Waals surface area contributed by atoms with Crippen LogP contribution in [0.3, 0.4) is 0 Å². The Kier molecular flexibility index (Phi) is 4.84. The number of benzene rings is 1. The van der Waals surface area contributed by atoms with Crippen molar-refractivity contribution in [2.75, 3.05) is 31.1 Å². The molecule has 3 heterocycles. The highest BCUT2D eigenvalue weighted by atomic mass is 32.1. The molecule has 1 fully saturated rings. The summed E-state index contributed by atoms with van der Waals surface area (Å²) in [6, 6.07) is 10.9. The standard InChI is InChI=1S/C19H17F3N4OS/c20-19(21,22)13-3-1-4-14(11-13)25-6-8-26(9-7-25)18(27)16-12-15(23-24-16)17-5-2-10-28-17/h1-5,10-12H,6-9H2,(H,23,24). The van der Waals surface area contributed by atoms with Crippen molar-refractivity contribution in [1.82, 2.24) is 15.1 Å². The molecule has 0 radical (unpaired) electrons. The second kappa shape index (κ2) is 7.31. The topological polar surface area (TPSA) is 52.2 Å². The van der Waals surface area contributed by atoms with Crippen LogP contribution in [0.25, 0.3) is 10.6 Å². The Morgan fingerprint density at radius 1 is 1.07 bits per heavy atom. The van der Waals surface area contributed by atoms with Crippen LogP contribution in [0.4, 0.5) is 18.9 Å². The van der Waals surface area contributed by atoms with Crippen molar-refractivity contribution in [2.24, 2.45) is 0 Å². The van der Waals surface area contributed by atoms with Gasteiger partial charge in [0.2, 0.25) is 0 Å². The number of carbonyl (C=O) groups excluding carboxylic acids is 1. The summed E-state index contributed by atoms with van der Waals surface area (Å²) < 4.78 is 38.7. The number of halogens is 3. The van der Waals surface area contributed by atoms with Crippen LogP contribution < -0.4 is 4.90 Å². The van der Waals surface area contributed by atoms with E-state index in [1.807, 2.05) is 22.4 Å². The molecular formula is C19H17F3N4OS. The third kappa shape index (κ3) is 3.75. The number of aromatic amines is 1. The van der Waals surface area contributed by atoms with Crippen molar-refractivity contribution in [3.8, 4) is 10.6 Å². The second-order valence-corrected chi connectivity index (χ2v) is 7.42. The average Bonchev–Trinajstić information content (AvgIpc) is 3.39. The molecular weight excluding hydrogens is 389 g/mol. The molecule has 5 nitrogen and oxygen atoms in total. The molecule has 0 bridgehead atoms. The lowest BCUT2D eigenvalue weighted by Gasteiger charge is -2.36. The average molecular weight is 406 g/mol. The highest BCUT2D eigenvalue weighted by molar-refractivity contribution is 7.13. The number of hydrogen-bond acceptors (Lipinski definition) is 4. The lowest BCUT2D eigenvalue weighted by Crippen LogP contribution is -2.49. The molecule has 28 heavy (non-hydrogen) atoms. The number of amides is 1. The van der Waals surface area contributed by atoms with Crippen molar-refractivity contribution in [3.63, 3.8) is 0 Å². The SMILES string of the molecule is O=C(c1cc(-c2cccs2)[nH]n1)N1CCN(c2cccc(C(F)(F)F)c2)CC1. The van der Waals surface area contributed by atoms with Gasteiger partial charge in [0.1, 0.15) is 0 Å². The first kappa shape index (κ1) is 18.5. The number of nitrogens with one attached hydrogen (secondary N) is 1. The Balaban J connectivity index is 1.41. The number of anilines is 1. The van der Waals surface area contributed by atoms with E-state index < -0.39 is 11.7 Å². The van der Waals surface area contributed by atoms with Crippen LogP contribution in [0.2, 0.25) is 0 Å². The van der Waals surface area contributed by atoms with Gasteiger partial charge in [0.25, 0.3) is 5.91 Å². The van der Waals surface area contributed by atoms with Gasteiger partial charge in [-0.3, -0.25) is 9.89 Å². The maximum Gasteiger partial charge on any atom is 0.416 e. The Labute approximate surface area is 163 Å². The predicted octanol–water partition coefficient (Wildman–Crippen LogP) is 4.12. The zero-order valence-electron chi connectivity index (χ0n) is 14.7. The number of alkyl halides is 3. The number of carbonyl (C=O) groups is 1. The van der Waals surface area contributed by atoms with E-state index in [2.05, 4.69) is 10.2 Å². The molecule has 1 aliphatic heterocycles. The van der Waals surface area contributed by atoms with Crippen molar-refractivity contribution in [3.05, 3.63) is 59.1 Å². The maximum absolute atomic E-state index is 12.9. The summed E-state index contributed by atoms with van der Waals surface area (Å²) in [6.45, 7) is 1.79. The number of rotatable bonds is 3. The Bertz CT molecular complexity index is 960. The normalized spacial score (nSPS) is 15.1. The summed E-state index contributed by atoms with van der Waals surface area (Å²) in [5, 5.41) is 8.94. The molecule has 1 aromatic carbocycles. The number of piperazine rings is 1. The fourth-order valence-corrected chi connectivity index (χ4v) is 3.89. The molecule has 1 amide bonds. The summed E-state index contributed by atoms with van der Waals surface area (Å²) in [4.78, 5) is 17.2. The fourth-order valence-electron chi connectivity index (χ4n) is 3.20.